The van der Waals surface area contributed by atoms with Crippen LogP contribution >= 0.6 is 0 Å². The number of nitrogens with two attached hydrogens (primary N) is 1. The summed E-state index contributed by atoms with van der Waals surface area (Å²) >= 11 is 0. The first-order chi connectivity index (χ1) is 8.22. The molecule has 4 heteroatoms. The molecular formula is C13H21N3O. The van der Waals surface area contributed by atoms with Gasteiger partial charge in [0, 0.05) is 12.4 Å². The fourth-order valence-corrected chi connectivity index (χ4v) is 2.94. The molecule has 1 aliphatic rings. The van der Waals surface area contributed by atoms with Gasteiger partial charge >= 0.3 is 0 Å². The van der Waals surface area contributed by atoms with Crippen molar-refractivity contribution < 1.29 is 4.74 Å². The van der Waals surface area contributed by atoms with Crippen molar-refractivity contribution in [2.75, 3.05) is 7.11 Å². The number of methoxy groups -OCH3 is 1. The second-order valence-electron chi connectivity index (χ2n) is 4.81. The third kappa shape index (κ3) is 2.14. The van der Waals surface area contributed by atoms with Crippen LogP contribution in [-0.2, 0) is 5.54 Å². The van der Waals surface area contributed by atoms with Crippen LogP contribution < -0.4 is 10.5 Å². The van der Waals surface area contributed by atoms with Crippen LogP contribution in [0.15, 0.2) is 12.4 Å². The highest BCUT2D eigenvalue weighted by Crippen LogP contribution is 2.42. The Morgan fingerprint density at radius 3 is 2.88 bits per heavy atom. The monoisotopic (exact) mass is 235 g/mol. The zero-order valence-corrected chi connectivity index (χ0v) is 10.6. The summed E-state index contributed by atoms with van der Waals surface area (Å²) in [6.45, 7) is 2.19. The summed E-state index contributed by atoms with van der Waals surface area (Å²) in [5.74, 6) is 1.05. The van der Waals surface area contributed by atoms with Gasteiger partial charge in [-0.3, -0.25) is 4.98 Å². The van der Waals surface area contributed by atoms with Gasteiger partial charge in [0.15, 0.2) is 0 Å². The predicted molar refractivity (Wildman–Crippen MR) is 66.7 cm³/mol. The average molecular weight is 235 g/mol. The molecule has 1 aromatic rings. The van der Waals surface area contributed by atoms with Gasteiger partial charge in [-0.25, -0.2) is 4.98 Å². The summed E-state index contributed by atoms with van der Waals surface area (Å²) in [7, 11) is 1.63. The Morgan fingerprint density at radius 1 is 1.41 bits per heavy atom. The molecule has 94 valence electrons. The van der Waals surface area contributed by atoms with Crippen molar-refractivity contribution in [3.63, 3.8) is 0 Å². The zero-order chi connectivity index (χ0) is 12.3. The third-order valence-corrected chi connectivity index (χ3v) is 3.91. The van der Waals surface area contributed by atoms with Gasteiger partial charge in [0.25, 0.3) is 0 Å². The third-order valence-electron chi connectivity index (χ3n) is 3.91. The van der Waals surface area contributed by atoms with Gasteiger partial charge in [-0.1, -0.05) is 26.2 Å². The summed E-state index contributed by atoms with van der Waals surface area (Å²) in [6.07, 6.45) is 9.00. The maximum Gasteiger partial charge on any atom is 0.237 e. The Kier molecular flexibility index (Phi) is 3.62. The van der Waals surface area contributed by atoms with E-state index in [1.54, 1.807) is 19.5 Å². The number of hydrogen-bond acceptors (Lipinski definition) is 4. The van der Waals surface area contributed by atoms with Crippen LogP contribution in [0.25, 0.3) is 0 Å². The van der Waals surface area contributed by atoms with Gasteiger partial charge in [0.1, 0.15) is 5.69 Å². The van der Waals surface area contributed by atoms with Crippen LogP contribution in [0, 0.1) is 5.92 Å². The lowest BCUT2D eigenvalue weighted by atomic mass is 9.70. The quantitative estimate of drug-likeness (QED) is 0.872. The van der Waals surface area contributed by atoms with Gasteiger partial charge in [-0.15, -0.1) is 0 Å². The number of hydrogen-bond donors (Lipinski definition) is 1. The lowest BCUT2D eigenvalue weighted by Gasteiger charge is -2.40. The van der Waals surface area contributed by atoms with Crippen LogP contribution in [0.4, 0.5) is 0 Å². The maximum absolute atomic E-state index is 6.63. The average Bonchev–Trinajstić information content (AvgIpc) is 2.39. The second kappa shape index (κ2) is 5.00. The highest BCUT2D eigenvalue weighted by molar-refractivity contribution is 5.27. The minimum atomic E-state index is -0.368. The maximum atomic E-state index is 6.63. The van der Waals surface area contributed by atoms with E-state index >= 15 is 0 Å². The Hall–Kier alpha value is -1.16. The summed E-state index contributed by atoms with van der Waals surface area (Å²) in [5, 5.41) is 0. The topological polar surface area (TPSA) is 61.0 Å². The molecule has 1 aromatic heterocycles. The van der Waals surface area contributed by atoms with Gasteiger partial charge in [0.2, 0.25) is 5.88 Å². The first-order valence-corrected chi connectivity index (χ1v) is 6.36. The van der Waals surface area contributed by atoms with E-state index in [9.17, 15) is 0 Å². The molecule has 0 saturated heterocycles. The van der Waals surface area contributed by atoms with Crippen LogP contribution in [0.5, 0.6) is 5.88 Å². The molecule has 2 N–H and O–H groups in total. The van der Waals surface area contributed by atoms with E-state index in [-0.39, 0.29) is 5.54 Å². The molecule has 1 saturated carbocycles. The highest BCUT2D eigenvalue weighted by Gasteiger charge is 2.41. The van der Waals surface area contributed by atoms with Crippen LogP contribution in [-0.4, -0.2) is 17.1 Å². The minimum Gasteiger partial charge on any atom is -0.480 e. The fraction of sp³-hybridized carbons (Fsp3) is 0.692. The minimum absolute atomic E-state index is 0.368. The van der Waals surface area contributed by atoms with Crippen LogP contribution in [0.2, 0.25) is 0 Å². The predicted octanol–water partition coefficient (Wildman–Crippen LogP) is 2.24. The molecule has 17 heavy (non-hydrogen) atoms. The standard InChI is InChI=1S/C13H21N3O/c1-3-10-6-4-5-7-13(10,14)11-12(17-2)16-9-8-15-11/h8-10H,3-7,14H2,1-2H3. The molecule has 2 atom stereocenters. The first kappa shape index (κ1) is 12.3. The number of nitrogens with zero attached hydrogens (tertiary/aromatic N) is 2. The number of aromatic nitrogens is 2. The van der Waals surface area contributed by atoms with E-state index in [1.807, 2.05) is 0 Å². The van der Waals surface area contributed by atoms with E-state index in [1.165, 1.54) is 12.8 Å². The molecule has 0 bridgehead atoms. The van der Waals surface area contributed by atoms with E-state index in [0.717, 1.165) is 25.0 Å². The van der Waals surface area contributed by atoms with Crippen molar-refractivity contribution in [2.45, 2.75) is 44.6 Å². The fourth-order valence-electron chi connectivity index (χ4n) is 2.94. The molecule has 1 aliphatic carbocycles. The SMILES string of the molecule is CCC1CCCCC1(N)c1nccnc1OC. The van der Waals surface area contributed by atoms with Gasteiger partial charge in [0.05, 0.1) is 12.6 Å². The van der Waals surface area contributed by atoms with E-state index in [2.05, 4.69) is 16.9 Å². The molecule has 0 radical (unpaired) electrons. The van der Waals surface area contributed by atoms with E-state index < -0.39 is 0 Å². The molecule has 0 aliphatic heterocycles. The number of rotatable bonds is 3. The molecule has 1 heterocycles. The largest absolute Gasteiger partial charge is 0.480 e. The normalized spacial score (nSPS) is 29.0. The van der Waals surface area contributed by atoms with E-state index in [0.29, 0.717) is 11.8 Å². The summed E-state index contributed by atoms with van der Waals surface area (Å²) in [4.78, 5) is 8.65. The molecular weight excluding hydrogens is 214 g/mol. The Morgan fingerprint density at radius 2 is 2.18 bits per heavy atom. The van der Waals surface area contributed by atoms with Crippen molar-refractivity contribution in [2.24, 2.45) is 11.7 Å². The Bertz CT molecular complexity index is 383. The summed E-state index contributed by atoms with van der Waals surface area (Å²) in [5.41, 5.74) is 7.09. The van der Waals surface area contributed by atoms with E-state index in [4.69, 9.17) is 10.5 Å². The van der Waals surface area contributed by atoms with Crippen molar-refractivity contribution in [1.29, 1.82) is 0 Å². The van der Waals surface area contributed by atoms with Crippen LogP contribution in [0.1, 0.15) is 44.7 Å². The van der Waals surface area contributed by atoms with Crippen LogP contribution in [0.3, 0.4) is 0 Å². The Balaban J connectivity index is 2.41. The van der Waals surface area contributed by atoms with Gasteiger partial charge < -0.3 is 10.5 Å². The van der Waals surface area contributed by atoms with Crippen molar-refractivity contribution in [3.05, 3.63) is 18.1 Å². The second-order valence-corrected chi connectivity index (χ2v) is 4.81. The summed E-state index contributed by atoms with van der Waals surface area (Å²) in [6, 6.07) is 0. The molecule has 4 nitrogen and oxygen atoms in total. The van der Waals surface area contributed by atoms with Gasteiger partial charge in [-0.05, 0) is 18.8 Å². The van der Waals surface area contributed by atoms with Crippen molar-refractivity contribution >= 4 is 0 Å². The van der Waals surface area contributed by atoms with Crippen molar-refractivity contribution in [1.82, 2.24) is 9.97 Å². The molecule has 0 spiro atoms. The smallest absolute Gasteiger partial charge is 0.237 e. The Labute approximate surface area is 103 Å². The highest BCUT2D eigenvalue weighted by atomic mass is 16.5. The van der Waals surface area contributed by atoms with Gasteiger partial charge in [-0.2, -0.15) is 0 Å². The molecule has 2 rings (SSSR count). The molecule has 2 unspecified atom stereocenters. The lowest BCUT2D eigenvalue weighted by Crippen LogP contribution is -2.47. The zero-order valence-electron chi connectivity index (χ0n) is 10.6. The molecule has 0 aromatic carbocycles. The summed E-state index contributed by atoms with van der Waals surface area (Å²) < 4.78 is 5.30. The number of ether oxygens (including phenoxy) is 1. The molecule has 0 amide bonds. The van der Waals surface area contributed by atoms with Crippen molar-refractivity contribution in [3.8, 4) is 5.88 Å². The first-order valence-electron chi connectivity index (χ1n) is 6.36. The lowest BCUT2D eigenvalue weighted by molar-refractivity contribution is 0.172. The molecule has 1 fully saturated rings.